The second-order valence-corrected chi connectivity index (χ2v) is 11.3. The van der Waals surface area contributed by atoms with Gasteiger partial charge in [-0.15, -0.1) is 11.3 Å². The number of hydrogen-bond donors (Lipinski definition) is 0. The van der Waals surface area contributed by atoms with Gasteiger partial charge in [0.2, 0.25) is 5.91 Å². The zero-order valence-corrected chi connectivity index (χ0v) is 21.7. The standard InChI is InChI=1S/C26H27N5O3S2/c1-18(32)21-5-6-22(36-21)24(34)30-13-8-26(9-14-30)10-15-31(17-26)23(33)16-35-25-28-12-7-20(29-25)19-4-2-3-11-27-19/h2-7,11-12H,8-10,13-17H2,1H3. The van der Waals surface area contributed by atoms with Crippen LogP contribution in [0, 0.1) is 5.41 Å². The van der Waals surface area contributed by atoms with E-state index in [1.54, 1.807) is 24.5 Å². The number of likely N-dealkylation sites (tertiary alicyclic amines) is 2. The third-order valence-corrected chi connectivity index (χ3v) is 8.97. The lowest BCUT2D eigenvalue weighted by Crippen LogP contribution is -2.44. The summed E-state index contributed by atoms with van der Waals surface area (Å²) >= 11 is 2.61. The first kappa shape index (κ1) is 24.6. The minimum atomic E-state index is -0.0157. The Morgan fingerprint density at radius 3 is 2.36 bits per heavy atom. The highest BCUT2D eigenvalue weighted by atomic mass is 32.2. The second kappa shape index (κ2) is 10.5. The predicted octanol–water partition coefficient (Wildman–Crippen LogP) is 4.05. The average molecular weight is 522 g/mol. The van der Waals surface area contributed by atoms with Crippen molar-refractivity contribution in [3.63, 3.8) is 0 Å². The lowest BCUT2D eigenvalue weighted by molar-refractivity contribution is -0.127. The number of pyridine rings is 1. The van der Waals surface area contributed by atoms with Crippen LogP contribution in [0.4, 0.5) is 0 Å². The zero-order valence-electron chi connectivity index (χ0n) is 20.1. The molecule has 3 aromatic heterocycles. The Hall–Kier alpha value is -3.11. The maximum absolute atomic E-state index is 13.0. The van der Waals surface area contributed by atoms with Crippen molar-refractivity contribution in [2.24, 2.45) is 5.41 Å². The fourth-order valence-electron chi connectivity index (χ4n) is 4.82. The third kappa shape index (κ3) is 5.34. The number of thiophene rings is 1. The highest BCUT2D eigenvalue weighted by molar-refractivity contribution is 7.99. The van der Waals surface area contributed by atoms with Crippen LogP contribution in [0.25, 0.3) is 11.4 Å². The number of rotatable bonds is 6. The van der Waals surface area contributed by atoms with Gasteiger partial charge < -0.3 is 9.80 Å². The minimum Gasteiger partial charge on any atom is -0.341 e. The number of hydrogen-bond acceptors (Lipinski definition) is 8. The number of piperidine rings is 1. The van der Waals surface area contributed by atoms with Gasteiger partial charge in [0.05, 0.1) is 26.9 Å². The van der Waals surface area contributed by atoms with Crippen molar-refractivity contribution in [1.29, 1.82) is 0 Å². The molecular formula is C26H27N5O3S2. The van der Waals surface area contributed by atoms with E-state index in [9.17, 15) is 14.4 Å². The average Bonchev–Trinajstić information content (AvgIpc) is 3.57. The Balaban J connectivity index is 1.13. The first-order valence-electron chi connectivity index (χ1n) is 12.0. The van der Waals surface area contributed by atoms with Crippen LogP contribution in [-0.4, -0.2) is 74.3 Å². The topological polar surface area (TPSA) is 96.4 Å². The summed E-state index contributed by atoms with van der Waals surface area (Å²) in [7, 11) is 0. The fourth-order valence-corrected chi connectivity index (χ4v) is 6.43. The number of carbonyl (C=O) groups is 3. The van der Waals surface area contributed by atoms with Crippen LogP contribution in [0.3, 0.4) is 0 Å². The molecule has 10 heteroatoms. The minimum absolute atomic E-state index is 0.00221. The van der Waals surface area contributed by atoms with Gasteiger partial charge in [0.1, 0.15) is 0 Å². The Morgan fingerprint density at radius 1 is 0.917 bits per heavy atom. The maximum atomic E-state index is 13.0. The van der Waals surface area contributed by atoms with Crippen molar-refractivity contribution < 1.29 is 14.4 Å². The molecule has 0 bridgehead atoms. The number of ketones is 1. The van der Waals surface area contributed by atoms with Crippen molar-refractivity contribution in [1.82, 2.24) is 24.8 Å². The van der Waals surface area contributed by atoms with Crippen molar-refractivity contribution >= 4 is 40.7 Å². The predicted molar refractivity (Wildman–Crippen MR) is 139 cm³/mol. The summed E-state index contributed by atoms with van der Waals surface area (Å²) in [5.41, 5.74) is 1.59. The Kier molecular flexibility index (Phi) is 7.15. The van der Waals surface area contributed by atoms with Crippen LogP contribution >= 0.6 is 23.1 Å². The summed E-state index contributed by atoms with van der Waals surface area (Å²) in [6.07, 6.45) is 6.15. The van der Waals surface area contributed by atoms with Gasteiger partial charge in [0.15, 0.2) is 10.9 Å². The van der Waals surface area contributed by atoms with E-state index in [1.807, 2.05) is 34.1 Å². The quantitative estimate of drug-likeness (QED) is 0.274. The number of amides is 2. The van der Waals surface area contributed by atoms with Crippen molar-refractivity contribution in [2.45, 2.75) is 31.3 Å². The van der Waals surface area contributed by atoms with Gasteiger partial charge in [-0.1, -0.05) is 17.8 Å². The molecule has 5 rings (SSSR count). The van der Waals surface area contributed by atoms with Gasteiger partial charge in [-0.2, -0.15) is 0 Å². The van der Waals surface area contributed by atoms with E-state index >= 15 is 0 Å². The highest BCUT2D eigenvalue weighted by Gasteiger charge is 2.42. The SMILES string of the molecule is CC(=O)c1ccc(C(=O)N2CCC3(CCN(C(=O)CSc4nccc(-c5ccccn5)n4)C3)CC2)s1. The van der Waals surface area contributed by atoms with Crippen molar-refractivity contribution in [3.05, 3.63) is 58.5 Å². The van der Waals surface area contributed by atoms with E-state index in [0.29, 0.717) is 33.8 Å². The van der Waals surface area contributed by atoms with Gasteiger partial charge in [0, 0.05) is 38.6 Å². The summed E-state index contributed by atoms with van der Waals surface area (Å²) < 4.78 is 0. The van der Waals surface area contributed by atoms with Crippen LogP contribution in [-0.2, 0) is 4.79 Å². The van der Waals surface area contributed by atoms with Gasteiger partial charge >= 0.3 is 0 Å². The van der Waals surface area contributed by atoms with E-state index in [-0.39, 0.29) is 23.0 Å². The van der Waals surface area contributed by atoms with Crippen LogP contribution in [0.1, 0.15) is 45.5 Å². The normalized spacial score (nSPS) is 16.9. The molecule has 2 fully saturated rings. The number of nitrogens with zero attached hydrogens (tertiary/aromatic N) is 5. The molecule has 0 aromatic carbocycles. The van der Waals surface area contributed by atoms with E-state index in [0.717, 1.165) is 43.7 Å². The molecule has 186 valence electrons. The molecule has 0 saturated carbocycles. The molecule has 36 heavy (non-hydrogen) atoms. The second-order valence-electron chi connectivity index (χ2n) is 9.31. The summed E-state index contributed by atoms with van der Waals surface area (Å²) in [5.74, 6) is 0.372. The maximum Gasteiger partial charge on any atom is 0.263 e. The molecule has 2 amide bonds. The fraction of sp³-hybridized carbons (Fsp3) is 0.385. The molecule has 3 aromatic rings. The van der Waals surface area contributed by atoms with E-state index in [4.69, 9.17) is 0 Å². The Labute approximate surface area is 218 Å². The molecule has 0 atom stereocenters. The lowest BCUT2D eigenvalue weighted by Gasteiger charge is -2.39. The van der Waals surface area contributed by atoms with Crippen LogP contribution in [0.5, 0.6) is 0 Å². The number of aromatic nitrogens is 3. The number of thioether (sulfide) groups is 1. The molecule has 2 aliphatic heterocycles. The Bertz CT molecular complexity index is 1270. The largest absolute Gasteiger partial charge is 0.341 e. The first-order valence-corrected chi connectivity index (χ1v) is 13.8. The van der Waals surface area contributed by atoms with Crippen molar-refractivity contribution in [3.8, 4) is 11.4 Å². The van der Waals surface area contributed by atoms with Crippen LogP contribution in [0.2, 0.25) is 0 Å². The van der Waals surface area contributed by atoms with E-state index in [1.165, 1.54) is 30.0 Å². The van der Waals surface area contributed by atoms with Crippen molar-refractivity contribution in [2.75, 3.05) is 31.9 Å². The van der Waals surface area contributed by atoms with Gasteiger partial charge in [-0.05, 0) is 61.9 Å². The van der Waals surface area contributed by atoms with Gasteiger partial charge in [0.25, 0.3) is 5.91 Å². The third-order valence-electron chi connectivity index (χ3n) is 6.95. The molecule has 0 radical (unpaired) electrons. The monoisotopic (exact) mass is 521 g/mol. The highest BCUT2D eigenvalue weighted by Crippen LogP contribution is 2.41. The summed E-state index contributed by atoms with van der Waals surface area (Å²) in [5, 5.41) is 0.564. The smallest absolute Gasteiger partial charge is 0.263 e. The van der Waals surface area contributed by atoms with Crippen LogP contribution in [0.15, 0.2) is 53.9 Å². The number of carbonyl (C=O) groups excluding carboxylic acids is 3. The number of Topliss-reactive ketones (excluding diaryl/α,β-unsaturated/α-hetero) is 1. The molecule has 0 N–H and O–H groups in total. The van der Waals surface area contributed by atoms with Gasteiger partial charge in [-0.25, -0.2) is 9.97 Å². The Morgan fingerprint density at radius 2 is 1.67 bits per heavy atom. The molecule has 0 unspecified atom stereocenters. The molecule has 1 spiro atoms. The molecule has 8 nitrogen and oxygen atoms in total. The van der Waals surface area contributed by atoms with Crippen LogP contribution < -0.4 is 0 Å². The summed E-state index contributed by atoms with van der Waals surface area (Å²) in [6.45, 7) is 4.35. The first-order chi connectivity index (χ1) is 17.4. The summed E-state index contributed by atoms with van der Waals surface area (Å²) in [4.78, 5) is 55.6. The van der Waals surface area contributed by atoms with E-state index in [2.05, 4.69) is 15.0 Å². The molecule has 2 saturated heterocycles. The van der Waals surface area contributed by atoms with E-state index < -0.39 is 0 Å². The molecule has 5 heterocycles. The zero-order chi connectivity index (χ0) is 25.1. The molecule has 0 aliphatic carbocycles. The summed E-state index contributed by atoms with van der Waals surface area (Å²) in [6, 6.07) is 11.0. The molecular weight excluding hydrogens is 494 g/mol. The molecule has 2 aliphatic rings. The van der Waals surface area contributed by atoms with Gasteiger partial charge in [-0.3, -0.25) is 19.4 Å². The lowest BCUT2D eigenvalue weighted by atomic mass is 9.78.